The van der Waals surface area contributed by atoms with Crippen LogP contribution in [0.4, 0.5) is 15.8 Å². The van der Waals surface area contributed by atoms with Crippen LogP contribution in [0, 0.1) is 41.3 Å². The van der Waals surface area contributed by atoms with Gasteiger partial charge in [-0.25, -0.2) is 12.8 Å². The molecule has 3 saturated carbocycles. The quantitative estimate of drug-likeness (QED) is 0.523. The molecule has 204 valence electrons. The van der Waals surface area contributed by atoms with Crippen molar-refractivity contribution in [2.45, 2.75) is 30.3 Å². The predicted molar refractivity (Wildman–Crippen MR) is 139 cm³/mol. The maximum Gasteiger partial charge on any atom is 0.286 e. The average molecular weight is 573 g/mol. The van der Waals surface area contributed by atoms with Crippen LogP contribution >= 0.6 is 0 Å². The minimum Gasteiger partial charge on any atom is -0.341 e. The third-order valence-electron chi connectivity index (χ3n) is 8.89. The van der Waals surface area contributed by atoms with Crippen molar-refractivity contribution in [3.05, 3.63) is 53.8 Å². The zero-order valence-corrected chi connectivity index (χ0v) is 22.4. The molecule has 0 spiro atoms. The summed E-state index contributed by atoms with van der Waals surface area (Å²) in [6, 6.07) is 9.50. The highest BCUT2D eigenvalue weighted by atomic mass is 32.2. The van der Waals surface area contributed by atoms with E-state index in [-0.39, 0.29) is 52.3 Å². The number of ketones is 1. The number of rotatable bonds is 5. The number of nitrogens with one attached hydrogen (secondary N) is 2. The van der Waals surface area contributed by atoms with Gasteiger partial charge in [0, 0.05) is 24.2 Å². The van der Waals surface area contributed by atoms with Crippen molar-refractivity contribution >= 4 is 48.9 Å². The maximum atomic E-state index is 14.0. The number of Topliss-reactive ketones (excluding diaryl/α,β-unsaturated/α-hetero) is 1. The predicted octanol–water partition coefficient (Wildman–Crippen LogP) is 2.21. The van der Waals surface area contributed by atoms with Crippen molar-refractivity contribution in [3.8, 4) is 0 Å². The summed E-state index contributed by atoms with van der Waals surface area (Å²) in [6.07, 6.45) is 2.86. The highest BCUT2D eigenvalue weighted by molar-refractivity contribution is 7.92. The van der Waals surface area contributed by atoms with Crippen LogP contribution in [-0.2, 0) is 36.2 Å². The number of carbonyl (C=O) groups excluding carboxylic acids is 2. The van der Waals surface area contributed by atoms with Crippen molar-refractivity contribution in [1.82, 2.24) is 4.90 Å². The fourth-order valence-corrected chi connectivity index (χ4v) is 9.18. The molecule has 0 radical (unpaired) electrons. The van der Waals surface area contributed by atoms with Gasteiger partial charge in [-0.3, -0.25) is 14.3 Å². The highest BCUT2D eigenvalue weighted by Gasteiger charge is 2.71. The number of amides is 1. The largest absolute Gasteiger partial charge is 0.341 e. The zero-order valence-electron chi connectivity index (χ0n) is 20.7. The van der Waals surface area contributed by atoms with Crippen LogP contribution in [0.1, 0.15) is 18.4 Å². The molecule has 7 atom stereocenters. The number of halogens is 1. The Balaban J connectivity index is 1.26. The fraction of sp³-hybridized carbons (Fsp3) is 0.423. The van der Waals surface area contributed by atoms with E-state index in [2.05, 4.69) is 14.4 Å². The molecule has 7 rings (SSSR count). The summed E-state index contributed by atoms with van der Waals surface area (Å²) in [4.78, 5) is 29.4. The second-order valence-electron chi connectivity index (χ2n) is 11.2. The smallest absolute Gasteiger partial charge is 0.286 e. The number of amidine groups is 1. The minimum absolute atomic E-state index is 0.0411. The Hall–Kier alpha value is -3.32. The molecule has 7 unspecified atom stereocenters. The lowest BCUT2D eigenvalue weighted by molar-refractivity contribution is -0.153. The van der Waals surface area contributed by atoms with Gasteiger partial charge in [-0.1, -0.05) is 12.1 Å². The molecule has 1 saturated heterocycles. The lowest BCUT2D eigenvalue weighted by Crippen LogP contribution is -2.61. The van der Waals surface area contributed by atoms with E-state index in [0.717, 1.165) is 25.2 Å². The molecule has 2 heterocycles. The van der Waals surface area contributed by atoms with E-state index < -0.39 is 43.6 Å². The summed E-state index contributed by atoms with van der Waals surface area (Å²) < 4.78 is 69.3. The van der Waals surface area contributed by atoms with Crippen LogP contribution in [0.25, 0.3) is 0 Å². The summed E-state index contributed by atoms with van der Waals surface area (Å²) in [5, 5.41) is 2.89. The Labute approximate surface area is 224 Å². The fourth-order valence-electron chi connectivity index (χ4n) is 7.44. The molecule has 0 aromatic heterocycles. The van der Waals surface area contributed by atoms with Crippen LogP contribution in [0.5, 0.6) is 0 Å². The van der Waals surface area contributed by atoms with E-state index in [1.807, 2.05) is 0 Å². The van der Waals surface area contributed by atoms with Gasteiger partial charge in [0.1, 0.15) is 16.5 Å². The molecule has 2 bridgehead atoms. The van der Waals surface area contributed by atoms with Gasteiger partial charge >= 0.3 is 0 Å². The van der Waals surface area contributed by atoms with Crippen molar-refractivity contribution in [2.24, 2.45) is 39.9 Å². The molecule has 3 aliphatic carbocycles. The van der Waals surface area contributed by atoms with Crippen molar-refractivity contribution in [3.63, 3.8) is 0 Å². The van der Waals surface area contributed by atoms with Crippen LogP contribution < -0.4 is 10.0 Å². The Morgan fingerprint density at radius 2 is 1.74 bits per heavy atom. The summed E-state index contributed by atoms with van der Waals surface area (Å²) in [5.74, 6) is -1.93. The summed E-state index contributed by atoms with van der Waals surface area (Å²) >= 11 is 0. The molecule has 10 nitrogen and oxygen atoms in total. The molecular weight excluding hydrogens is 547 g/mol. The number of piperidine rings is 1. The first-order chi connectivity index (χ1) is 18.4. The SMILES string of the molecule is CS(=O)(=O)Nc1ccc2c(c1)S(=O)(=O)N=C(C1C(=O)C3C4CC(C5CC54)C3N(Cc3ccc(F)cc3)C1=O)N2. The van der Waals surface area contributed by atoms with Crippen LogP contribution in [-0.4, -0.2) is 51.6 Å². The third-order valence-corrected chi connectivity index (χ3v) is 10.8. The molecular formula is C26H25FN4O6S2. The second kappa shape index (κ2) is 8.10. The Kier molecular flexibility index (Phi) is 5.13. The Morgan fingerprint density at radius 1 is 1.05 bits per heavy atom. The highest BCUT2D eigenvalue weighted by Crippen LogP contribution is 2.69. The van der Waals surface area contributed by atoms with E-state index in [4.69, 9.17) is 0 Å². The van der Waals surface area contributed by atoms with Gasteiger partial charge in [0.05, 0.1) is 11.9 Å². The number of nitrogens with zero attached hydrogens (tertiary/aromatic N) is 2. The van der Waals surface area contributed by atoms with E-state index >= 15 is 0 Å². The monoisotopic (exact) mass is 572 g/mol. The molecule has 2 aliphatic heterocycles. The number of benzene rings is 2. The van der Waals surface area contributed by atoms with Gasteiger partial charge in [-0.15, -0.1) is 4.40 Å². The zero-order chi connectivity index (χ0) is 27.4. The first kappa shape index (κ1) is 24.7. The van der Waals surface area contributed by atoms with Crippen molar-refractivity contribution in [1.29, 1.82) is 0 Å². The van der Waals surface area contributed by atoms with Gasteiger partial charge in [-0.05, 0) is 72.4 Å². The van der Waals surface area contributed by atoms with Gasteiger partial charge in [0.25, 0.3) is 10.0 Å². The number of carbonyl (C=O) groups is 2. The number of anilines is 2. The number of hydrogen-bond acceptors (Lipinski definition) is 7. The van der Waals surface area contributed by atoms with Crippen LogP contribution in [0.15, 0.2) is 51.8 Å². The van der Waals surface area contributed by atoms with Gasteiger partial charge in [0.15, 0.2) is 11.7 Å². The number of likely N-dealkylation sites (tertiary alicyclic amines) is 1. The van der Waals surface area contributed by atoms with E-state index in [0.29, 0.717) is 17.4 Å². The molecule has 4 fully saturated rings. The van der Waals surface area contributed by atoms with Gasteiger partial charge < -0.3 is 10.2 Å². The first-order valence-electron chi connectivity index (χ1n) is 12.7. The lowest BCUT2D eigenvalue weighted by Gasteiger charge is -2.45. The minimum atomic E-state index is -4.36. The summed E-state index contributed by atoms with van der Waals surface area (Å²) in [7, 11) is -8.00. The van der Waals surface area contributed by atoms with Crippen molar-refractivity contribution < 1.29 is 30.8 Å². The Bertz CT molecular complexity index is 1690. The number of sulfonamides is 2. The standard InChI is InChI=1S/C26H25FN4O6S2/c1-38(34,35)29-14-6-7-19-20(8-14)39(36,37)30-25(28-19)22-24(32)21-17-10-18(16-9-15(16)17)23(21)31(26(22)33)11-12-2-4-13(27)5-3-12/h2-8,15-18,21-23,29H,9-11H2,1H3,(H,28,30). The normalized spacial score (nSPS) is 33.5. The number of fused-ring (bicyclic) bond motifs is 9. The first-order valence-corrected chi connectivity index (χ1v) is 16.1. The maximum absolute atomic E-state index is 14.0. The van der Waals surface area contributed by atoms with Crippen molar-refractivity contribution in [2.75, 3.05) is 16.3 Å². The molecule has 5 aliphatic rings. The van der Waals surface area contributed by atoms with E-state index in [9.17, 15) is 30.8 Å². The van der Waals surface area contributed by atoms with Gasteiger partial charge in [-0.2, -0.15) is 8.42 Å². The van der Waals surface area contributed by atoms with Crippen LogP contribution in [0.2, 0.25) is 0 Å². The third kappa shape index (κ3) is 3.88. The topological polar surface area (TPSA) is 142 Å². The molecule has 13 heteroatoms. The summed E-state index contributed by atoms with van der Waals surface area (Å²) in [5.41, 5.74) is 0.857. The molecule has 2 aromatic rings. The molecule has 2 N–H and O–H groups in total. The second-order valence-corrected chi connectivity index (χ2v) is 14.6. The molecule has 39 heavy (non-hydrogen) atoms. The molecule has 2 aromatic carbocycles. The van der Waals surface area contributed by atoms with E-state index in [1.54, 1.807) is 17.0 Å². The molecule has 1 amide bonds. The summed E-state index contributed by atoms with van der Waals surface area (Å²) in [6.45, 7) is 0.182. The van der Waals surface area contributed by atoms with Crippen LogP contribution in [0.3, 0.4) is 0 Å². The Morgan fingerprint density at radius 3 is 2.46 bits per heavy atom. The lowest BCUT2D eigenvalue weighted by atomic mass is 9.73. The average Bonchev–Trinajstić information content (AvgIpc) is 3.46. The van der Waals surface area contributed by atoms with E-state index in [1.165, 1.54) is 24.3 Å². The van der Waals surface area contributed by atoms with Gasteiger partial charge in [0.2, 0.25) is 15.9 Å². The number of hydrogen-bond donors (Lipinski definition) is 2.